The summed E-state index contributed by atoms with van der Waals surface area (Å²) in [5.41, 5.74) is 1.71. The normalized spacial score (nSPS) is 14.9. The number of hydrogen-bond donors (Lipinski definition) is 2. The molecule has 1 heterocycles. The molecule has 0 radical (unpaired) electrons. The molecular weight excluding hydrogens is 512 g/mol. The molecule has 7 heteroatoms. The number of benzene rings is 2. The molecule has 1 aliphatic rings. The maximum atomic E-state index is 13.5. The van der Waals surface area contributed by atoms with Gasteiger partial charge in [-0.3, -0.25) is 4.79 Å². The zero-order chi connectivity index (χ0) is 29.8. The van der Waals surface area contributed by atoms with E-state index in [1.807, 2.05) is 49.1 Å². The highest BCUT2D eigenvalue weighted by molar-refractivity contribution is 5.87. The molecule has 1 aliphatic heterocycles. The molecule has 1 atom stereocenters. The molecule has 1 saturated heterocycles. The second-order valence-electron chi connectivity index (χ2n) is 12.8. The van der Waals surface area contributed by atoms with Crippen molar-refractivity contribution in [3.8, 4) is 5.75 Å². The van der Waals surface area contributed by atoms with Gasteiger partial charge in [-0.1, -0.05) is 70.9 Å². The molecule has 0 saturated carbocycles. The van der Waals surface area contributed by atoms with E-state index < -0.39 is 11.6 Å². The van der Waals surface area contributed by atoms with Crippen LogP contribution in [0.3, 0.4) is 0 Å². The molecule has 41 heavy (non-hydrogen) atoms. The van der Waals surface area contributed by atoms with Crippen molar-refractivity contribution < 1.29 is 14.3 Å². The van der Waals surface area contributed by atoms with Gasteiger partial charge < -0.3 is 25.2 Å². The SMILES string of the molecule is CC(C)CCN(CC(C)(C)NC(=O)C(NC(=O)N1CCCCCC1)C(C)C)c1ccc(OCc2ccccc2)cc1. The van der Waals surface area contributed by atoms with Crippen molar-refractivity contribution in [1.29, 1.82) is 0 Å². The summed E-state index contributed by atoms with van der Waals surface area (Å²) in [4.78, 5) is 30.7. The van der Waals surface area contributed by atoms with Crippen molar-refractivity contribution in [2.75, 3.05) is 31.1 Å². The molecule has 0 bridgehead atoms. The van der Waals surface area contributed by atoms with E-state index >= 15 is 0 Å². The van der Waals surface area contributed by atoms with Gasteiger partial charge in [0, 0.05) is 31.9 Å². The molecule has 0 aromatic heterocycles. The lowest BCUT2D eigenvalue weighted by Gasteiger charge is -2.37. The topological polar surface area (TPSA) is 73.9 Å². The first-order chi connectivity index (χ1) is 19.5. The molecule has 2 aromatic carbocycles. The summed E-state index contributed by atoms with van der Waals surface area (Å²) in [7, 11) is 0. The van der Waals surface area contributed by atoms with Crippen molar-refractivity contribution in [1.82, 2.24) is 15.5 Å². The molecule has 3 amide bonds. The van der Waals surface area contributed by atoms with Crippen molar-refractivity contribution in [3.63, 3.8) is 0 Å². The van der Waals surface area contributed by atoms with Crippen LogP contribution in [-0.2, 0) is 11.4 Å². The Morgan fingerprint density at radius 1 is 0.927 bits per heavy atom. The molecule has 1 unspecified atom stereocenters. The Bertz CT molecular complexity index is 1060. The van der Waals surface area contributed by atoms with Crippen LogP contribution in [0.5, 0.6) is 5.75 Å². The highest BCUT2D eigenvalue weighted by atomic mass is 16.5. The zero-order valence-electron chi connectivity index (χ0n) is 26.1. The average Bonchev–Trinajstić information content (AvgIpc) is 3.23. The molecule has 1 fully saturated rings. The Labute approximate surface area is 248 Å². The lowest BCUT2D eigenvalue weighted by Crippen LogP contribution is -2.59. The van der Waals surface area contributed by atoms with Crippen LogP contribution in [0.1, 0.15) is 79.2 Å². The Balaban J connectivity index is 1.65. The van der Waals surface area contributed by atoms with Crippen LogP contribution < -0.4 is 20.3 Å². The minimum absolute atomic E-state index is 0.0257. The minimum Gasteiger partial charge on any atom is -0.489 e. The van der Waals surface area contributed by atoms with Crippen LogP contribution in [0.15, 0.2) is 54.6 Å². The largest absolute Gasteiger partial charge is 0.489 e. The van der Waals surface area contributed by atoms with E-state index in [-0.39, 0.29) is 17.9 Å². The first-order valence-electron chi connectivity index (χ1n) is 15.4. The van der Waals surface area contributed by atoms with Crippen LogP contribution in [0.2, 0.25) is 0 Å². The summed E-state index contributed by atoms with van der Waals surface area (Å²) in [6.45, 7) is 16.1. The molecule has 0 spiro atoms. The Morgan fingerprint density at radius 3 is 2.15 bits per heavy atom. The Kier molecular flexibility index (Phi) is 12.4. The number of likely N-dealkylation sites (tertiary alicyclic amines) is 1. The maximum absolute atomic E-state index is 13.5. The predicted octanol–water partition coefficient (Wildman–Crippen LogP) is 6.62. The van der Waals surface area contributed by atoms with E-state index in [0.29, 0.717) is 19.1 Å². The number of rotatable bonds is 13. The van der Waals surface area contributed by atoms with Gasteiger partial charge in [0.25, 0.3) is 0 Å². The van der Waals surface area contributed by atoms with Crippen LogP contribution >= 0.6 is 0 Å². The predicted molar refractivity (Wildman–Crippen MR) is 168 cm³/mol. The van der Waals surface area contributed by atoms with Crippen molar-refractivity contribution in [3.05, 3.63) is 60.2 Å². The highest BCUT2D eigenvalue weighted by Crippen LogP contribution is 2.23. The van der Waals surface area contributed by atoms with Gasteiger partial charge >= 0.3 is 6.03 Å². The summed E-state index contributed by atoms with van der Waals surface area (Å²) in [6.07, 6.45) is 5.39. The monoisotopic (exact) mass is 564 g/mol. The fraction of sp³-hybridized carbons (Fsp3) is 0.588. The third kappa shape index (κ3) is 10.9. The fourth-order valence-electron chi connectivity index (χ4n) is 5.17. The van der Waals surface area contributed by atoms with Gasteiger partial charge in [0.15, 0.2) is 0 Å². The van der Waals surface area contributed by atoms with Gasteiger partial charge in [-0.2, -0.15) is 0 Å². The summed E-state index contributed by atoms with van der Waals surface area (Å²) in [6, 6.07) is 17.6. The number of carbonyl (C=O) groups excluding carboxylic acids is 2. The van der Waals surface area contributed by atoms with Crippen molar-refractivity contribution in [2.24, 2.45) is 11.8 Å². The molecule has 226 valence electrons. The number of ether oxygens (including phenoxy) is 1. The highest BCUT2D eigenvalue weighted by Gasteiger charge is 2.32. The third-order valence-corrected chi connectivity index (χ3v) is 7.60. The zero-order valence-corrected chi connectivity index (χ0v) is 26.1. The lowest BCUT2D eigenvalue weighted by molar-refractivity contribution is -0.125. The van der Waals surface area contributed by atoms with E-state index in [4.69, 9.17) is 4.74 Å². The maximum Gasteiger partial charge on any atom is 0.318 e. The number of hydrogen-bond acceptors (Lipinski definition) is 4. The number of nitrogens with one attached hydrogen (secondary N) is 2. The Hall–Kier alpha value is -3.22. The Morgan fingerprint density at radius 2 is 1.56 bits per heavy atom. The van der Waals surface area contributed by atoms with E-state index in [0.717, 1.165) is 68.7 Å². The minimum atomic E-state index is -0.588. The van der Waals surface area contributed by atoms with Crippen molar-refractivity contribution >= 4 is 17.6 Å². The number of carbonyl (C=O) groups is 2. The summed E-state index contributed by atoms with van der Waals surface area (Å²) in [5.74, 6) is 1.22. The third-order valence-electron chi connectivity index (χ3n) is 7.60. The molecular formula is C34H52N4O3. The average molecular weight is 565 g/mol. The van der Waals surface area contributed by atoms with Gasteiger partial charge in [0.1, 0.15) is 18.4 Å². The number of anilines is 1. The van der Waals surface area contributed by atoms with E-state index in [1.54, 1.807) is 0 Å². The summed E-state index contributed by atoms with van der Waals surface area (Å²) >= 11 is 0. The smallest absolute Gasteiger partial charge is 0.318 e. The molecule has 3 rings (SSSR count). The number of urea groups is 1. The van der Waals surface area contributed by atoms with Gasteiger partial charge in [-0.25, -0.2) is 4.79 Å². The standard InChI is InChI=1S/C34H52N4O3/c1-26(2)20-23-38(29-16-18-30(19-17-29)41-24-28-14-10-9-11-15-28)25-34(5,6)36-32(39)31(27(3)4)35-33(40)37-21-12-7-8-13-22-37/h9-11,14-19,26-27,31H,7-8,12-13,20-25H2,1-6H3,(H,35,40)(H,36,39). The van der Waals surface area contributed by atoms with E-state index in [2.05, 4.69) is 67.5 Å². The van der Waals surface area contributed by atoms with Crippen molar-refractivity contribution in [2.45, 2.75) is 91.8 Å². The van der Waals surface area contributed by atoms with Crippen LogP contribution in [-0.4, -0.2) is 54.6 Å². The van der Waals surface area contributed by atoms with Gasteiger partial charge in [0.05, 0.1) is 5.54 Å². The lowest BCUT2D eigenvalue weighted by atomic mass is 9.99. The second-order valence-corrected chi connectivity index (χ2v) is 12.8. The second kappa shape index (κ2) is 15.7. The fourth-order valence-corrected chi connectivity index (χ4v) is 5.17. The number of nitrogens with zero attached hydrogens (tertiary/aromatic N) is 2. The van der Waals surface area contributed by atoms with Crippen LogP contribution in [0.4, 0.5) is 10.5 Å². The first-order valence-corrected chi connectivity index (χ1v) is 15.4. The van der Waals surface area contributed by atoms with Gasteiger partial charge in [0.2, 0.25) is 5.91 Å². The van der Waals surface area contributed by atoms with E-state index in [9.17, 15) is 9.59 Å². The molecule has 2 aromatic rings. The molecule has 2 N–H and O–H groups in total. The van der Waals surface area contributed by atoms with Crippen LogP contribution in [0.25, 0.3) is 0 Å². The summed E-state index contributed by atoms with van der Waals surface area (Å²) in [5, 5.41) is 6.30. The van der Waals surface area contributed by atoms with Gasteiger partial charge in [-0.15, -0.1) is 0 Å². The summed E-state index contributed by atoms with van der Waals surface area (Å²) < 4.78 is 6.00. The first kappa shape index (κ1) is 32.3. The molecule has 0 aliphatic carbocycles. The van der Waals surface area contributed by atoms with Gasteiger partial charge in [-0.05, 0) is 74.8 Å². The van der Waals surface area contributed by atoms with Crippen LogP contribution in [0, 0.1) is 11.8 Å². The quantitative estimate of drug-likeness (QED) is 0.287. The number of amides is 3. The molecule has 7 nitrogen and oxygen atoms in total. The van der Waals surface area contributed by atoms with E-state index in [1.165, 1.54) is 0 Å².